The predicted molar refractivity (Wildman–Crippen MR) is 60.9 cm³/mol. The van der Waals surface area contributed by atoms with E-state index >= 15 is 0 Å². The third-order valence-corrected chi connectivity index (χ3v) is 3.01. The number of piperidine rings is 1. The van der Waals surface area contributed by atoms with Crippen LogP contribution in [0, 0.1) is 16.0 Å². The molecule has 1 aliphatic heterocycles. The van der Waals surface area contributed by atoms with Crippen LogP contribution in [0.1, 0.15) is 12.8 Å². The van der Waals surface area contributed by atoms with Crippen LogP contribution in [0.25, 0.3) is 0 Å². The quantitative estimate of drug-likeness (QED) is 0.441. The SMILES string of the molecule is Cn1cnc([N+](=O)[O-])c1N1CCCC(C=O)C1. The van der Waals surface area contributed by atoms with Gasteiger partial charge in [0.15, 0.2) is 0 Å². The smallest absolute Gasteiger partial charge is 0.358 e. The predicted octanol–water partition coefficient (Wildman–Crippen LogP) is 0.744. The summed E-state index contributed by atoms with van der Waals surface area (Å²) in [5.41, 5.74) is 0. The van der Waals surface area contributed by atoms with Gasteiger partial charge in [-0.2, -0.15) is 0 Å². The fourth-order valence-corrected chi connectivity index (χ4v) is 2.22. The highest BCUT2D eigenvalue weighted by Gasteiger charge is 2.29. The van der Waals surface area contributed by atoms with Gasteiger partial charge >= 0.3 is 5.82 Å². The number of nitro groups is 1. The van der Waals surface area contributed by atoms with Crippen molar-refractivity contribution in [3.05, 3.63) is 16.4 Å². The molecule has 7 heteroatoms. The van der Waals surface area contributed by atoms with Crippen LogP contribution in [-0.2, 0) is 11.8 Å². The van der Waals surface area contributed by atoms with Crippen LogP contribution in [0.5, 0.6) is 0 Å². The van der Waals surface area contributed by atoms with Crippen molar-refractivity contribution in [2.24, 2.45) is 13.0 Å². The average molecular weight is 238 g/mol. The molecule has 0 bridgehead atoms. The second-order valence-electron chi connectivity index (χ2n) is 4.24. The fraction of sp³-hybridized carbons (Fsp3) is 0.600. The van der Waals surface area contributed by atoms with E-state index in [-0.39, 0.29) is 11.7 Å². The van der Waals surface area contributed by atoms with E-state index in [1.807, 2.05) is 4.90 Å². The Labute approximate surface area is 98.2 Å². The van der Waals surface area contributed by atoms with Crippen molar-refractivity contribution in [1.29, 1.82) is 0 Å². The van der Waals surface area contributed by atoms with Crippen molar-refractivity contribution in [3.8, 4) is 0 Å². The van der Waals surface area contributed by atoms with Gasteiger partial charge in [0, 0.05) is 26.1 Å². The molecule has 0 radical (unpaired) electrons. The number of imidazole rings is 1. The summed E-state index contributed by atoms with van der Waals surface area (Å²) in [6, 6.07) is 0. The first kappa shape index (κ1) is 11.6. The molecule has 1 aliphatic rings. The molecule has 1 saturated heterocycles. The van der Waals surface area contributed by atoms with Gasteiger partial charge in [-0.25, -0.2) is 0 Å². The molecule has 92 valence electrons. The molecule has 2 heterocycles. The third kappa shape index (κ3) is 2.13. The van der Waals surface area contributed by atoms with Gasteiger partial charge in [-0.05, 0) is 22.7 Å². The van der Waals surface area contributed by atoms with Crippen molar-refractivity contribution >= 4 is 17.9 Å². The van der Waals surface area contributed by atoms with Gasteiger partial charge in [-0.3, -0.25) is 4.57 Å². The van der Waals surface area contributed by atoms with E-state index in [9.17, 15) is 14.9 Å². The molecule has 1 aromatic heterocycles. The minimum atomic E-state index is -0.486. The lowest BCUT2D eigenvalue weighted by atomic mass is 10.00. The molecule has 0 N–H and O–H groups in total. The van der Waals surface area contributed by atoms with E-state index in [1.54, 1.807) is 11.6 Å². The average Bonchev–Trinajstić information content (AvgIpc) is 2.71. The van der Waals surface area contributed by atoms with Gasteiger partial charge in [0.25, 0.3) is 0 Å². The molecule has 0 aliphatic carbocycles. The molecule has 0 saturated carbocycles. The summed E-state index contributed by atoms with van der Waals surface area (Å²) in [7, 11) is 1.72. The molecule has 0 spiro atoms. The summed E-state index contributed by atoms with van der Waals surface area (Å²) in [4.78, 5) is 26.8. The van der Waals surface area contributed by atoms with E-state index in [0.717, 1.165) is 25.7 Å². The summed E-state index contributed by atoms with van der Waals surface area (Å²) in [5, 5.41) is 10.9. The lowest BCUT2D eigenvalue weighted by Gasteiger charge is -2.30. The second kappa shape index (κ2) is 4.52. The van der Waals surface area contributed by atoms with E-state index < -0.39 is 4.92 Å². The monoisotopic (exact) mass is 238 g/mol. The van der Waals surface area contributed by atoms with E-state index in [4.69, 9.17) is 0 Å². The van der Waals surface area contributed by atoms with Crippen molar-refractivity contribution in [2.45, 2.75) is 12.8 Å². The largest absolute Gasteiger partial charge is 0.406 e. The first-order valence-corrected chi connectivity index (χ1v) is 5.49. The molecule has 1 atom stereocenters. The van der Waals surface area contributed by atoms with E-state index in [1.165, 1.54) is 6.33 Å². The number of hydrogen-bond donors (Lipinski definition) is 0. The number of carbonyl (C=O) groups excluding carboxylic acids is 1. The Bertz CT molecular complexity index is 443. The number of hydrogen-bond acceptors (Lipinski definition) is 5. The maximum absolute atomic E-state index is 10.9. The van der Waals surface area contributed by atoms with Crippen molar-refractivity contribution < 1.29 is 9.72 Å². The van der Waals surface area contributed by atoms with Gasteiger partial charge < -0.3 is 19.8 Å². The molecule has 7 nitrogen and oxygen atoms in total. The van der Waals surface area contributed by atoms with Crippen LogP contribution in [0.15, 0.2) is 6.33 Å². The number of aldehydes is 1. The molecule has 0 amide bonds. The zero-order valence-electron chi connectivity index (χ0n) is 9.57. The summed E-state index contributed by atoms with van der Waals surface area (Å²) in [6.07, 6.45) is 4.07. The minimum absolute atomic E-state index is 0.0433. The molecular formula is C10H14N4O3. The highest BCUT2D eigenvalue weighted by atomic mass is 16.6. The van der Waals surface area contributed by atoms with Crippen LogP contribution in [0.2, 0.25) is 0 Å². The molecule has 2 rings (SSSR count). The Kier molecular flexibility index (Phi) is 3.08. The number of carbonyl (C=O) groups is 1. The molecule has 17 heavy (non-hydrogen) atoms. The van der Waals surface area contributed by atoms with Gasteiger partial charge in [-0.1, -0.05) is 0 Å². The Balaban J connectivity index is 2.29. The lowest BCUT2D eigenvalue weighted by Crippen LogP contribution is -2.37. The van der Waals surface area contributed by atoms with Crippen molar-refractivity contribution in [2.75, 3.05) is 18.0 Å². The highest BCUT2D eigenvalue weighted by molar-refractivity contribution is 5.59. The molecule has 0 aromatic carbocycles. The Hall–Kier alpha value is -1.92. The zero-order valence-corrected chi connectivity index (χ0v) is 9.57. The summed E-state index contributed by atoms with van der Waals surface area (Å²) >= 11 is 0. The summed E-state index contributed by atoms with van der Waals surface area (Å²) in [6.45, 7) is 1.26. The van der Waals surface area contributed by atoms with Crippen LogP contribution < -0.4 is 4.90 Å². The molecule has 1 fully saturated rings. The summed E-state index contributed by atoms with van der Waals surface area (Å²) in [5.74, 6) is 0.304. The maximum Gasteiger partial charge on any atom is 0.406 e. The van der Waals surface area contributed by atoms with Crippen molar-refractivity contribution in [3.63, 3.8) is 0 Å². The zero-order chi connectivity index (χ0) is 12.4. The standard InChI is InChI=1S/C10H14N4O3/c1-12-7-11-9(14(16)17)10(12)13-4-2-3-8(5-13)6-15/h6-8H,2-5H2,1H3. The first-order valence-electron chi connectivity index (χ1n) is 5.49. The topological polar surface area (TPSA) is 81.3 Å². The van der Waals surface area contributed by atoms with Gasteiger partial charge in [-0.15, -0.1) is 0 Å². The minimum Gasteiger partial charge on any atom is -0.358 e. The number of aryl methyl sites for hydroxylation is 1. The van der Waals surface area contributed by atoms with Gasteiger partial charge in [0.1, 0.15) is 6.29 Å². The second-order valence-corrected chi connectivity index (χ2v) is 4.24. The number of anilines is 1. The van der Waals surface area contributed by atoms with Gasteiger partial charge in [0.05, 0.1) is 0 Å². The van der Waals surface area contributed by atoms with Crippen molar-refractivity contribution in [1.82, 2.24) is 9.55 Å². The van der Waals surface area contributed by atoms with Gasteiger partial charge in [0.2, 0.25) is 12.1 Å². The number of rotatable bonds is 3. The van der Waals surface area contributed by atoms with Crippen LogP contribution in [-0.4, -0.2) is 33.9 Å². The molecular weight excluding hydrogens is 224 g/mol. The van der Waals surface area contributed by atoms with E-state index in [0.29, 0.717) is 12.4 Å². The third-order valence-electron chi connectivity index (χ3n) is 3.01. The Morgan fingerprint density at radius 2 is 2.41 bits per heavy atom. The molecule has 1 unspecified atom stereocenters. The van der Waals surface area contributed by atoms with Crippen LogP contribution in [0.3, 0.4) is 0 Å². The lowest BCUT2D eigenvalue weighted by molar-refractivity contribution is -0.388. The first-order chi connectivity index (χ1) is 8.13. The maximum atomic E-state index is 10.9. The van der Waals surface area contributed by atoms with Crippen LogP contribution >= 0.6 is 0 Å². The highest BCUT2D eigenvalue weighted by Crippen LogP contribution is 2.29. The Morgan fingerprint density at radius 3 is 3.06 bits per heavy atom. The fourth-order valence-electron chi connectivity index (χ4n) is 2.22. The van der Waals surface area contributed by atoms with Crippen LogP contribution in [0.4, 0.5) is 11.6 Å². The summed E-state index contributed by atoms with van der Waals surface area (Å²) < 4.78 is 1.63. The molecule has 1 aromatic rings. The van der Waals surface area contributed by atoms with E-state index in [2.05, 4.69) is 4.98 Å². The normalized spacial score (nSPS) is 20.3. The number of nitrogens with zero attached hydrogens (tertiary/aromatic N) is 4. The number of aromatic nitrogens is 2. The Morgan fingerprint density at radius 1 is 1.65 bits per heavy atom.